The van der Waals surface area contributed by atoms with Crippen LogP contribution in [0.3, 0.4) is 0 Å². The maximum atomic E-state index is 14.6. The van der Waals surface area contributed by atoms with Gasteiger partial charge in [-0.25, -0.2) is 14.0 Å². The van der Waals surface area contributed by atoms with Crippen LogP contribution < -0.4 is 0 Å². The first-order valence-corrected chi connectivity index (χ1v) is 8.97. The van der Waals surface area contributed by atoms with Gasteiger partial charge in [0, 0.05) is 5.92 Å². The van der Waals surface area contributed by atoms with E-state index in [1.165, 1.54) is 20.8 Å². The maximum absolute atomic E-state index is 14.6. The van der Waals surface area contributed by atoms with Gasteiger partial charge in [0.05, 0.1) is 7.11 Å². The summed E-state index contributed by atoms with van der Waals surface area (Å²) in [5, 5.41) is 0. The van der Waals surface area contributed by atoms with Crippen LogP contribution >= 0.6 is 0 Å². The molecule has 4 atom stereocenters. The number of ether oxygens (including phenoxy) is 2. The molecule has 1 heterocycles. The molecule has 1 aliphatic heterocycles. The van der Waals surface area contributed by atoms with Crippen LogP contribution in [0.2, 0.25) is 0 Å². The molecule has 0 N–H and O–H groups in total. The third kappa shape index (κ3) is 3.82. The van der Waals surface area contributed by atoms with E-state index >= 15 is 0 Å². The van der Waals surface area contributed by atoms with Gasteiger partial charge in [-0.05, 0) is 26.8 Å². The largest absolute Gasteiger partial charge is 0.534 e. The van der Waals surface area contributed by atoms with E-state index in [4.69, 9.17) is 4.74 Å². The highest BCUT2D eigenvalue weighted by Crippen LogP contribution is 2.46. The molecule has 2 rings (SSSR count). The number of methoxy groups -OCH3 is 1. The number of esters is 1. The second-order valence-corrected chi connectivity index (χ2v) is 8.41. The number of hydrogen-bond acceptors (Lipinski definition) is 7. The number of carbonyl (C=O) groups is 2. The first-order chi connectivity index (χ1) is 12.1. The Morgan fingerprint density at radius 3 is 2.19 bits per heavy atom. The van der Waals surface area contributed by atoms with Crippen molar-refractivity contribution in [2.75, 3.05) is 7.11 Å². The molecular weight excluding hydrogens is 402 g/mol. The molecule has 0 spiro atoms. The summed E-state index contributed by atoms with van der Waals surface area (Å²) in [4.78, 5) is 24.9. The van der Waals surface area contributed by atoms with Gasteiger partial charge in [0.25, 0.3) is 0 Å². The molecule has 1 saturated heterocycles. The van der Waals surface area contributed by atoms with Crippen LogP contribution in [0.4, 0.5) is 22.4 Å². The van der Waals surface area contributed by atoms with E-state index in [2.05, 4.69) is 8.92 Å². The number of hydrogen-bond donors (Lipinski definition) is 0. The second-order valence-electron chi connectivity index (χ2n) is 6.87. The Labute approximate surface area is 152 Å². The SMILES string of the molecule is COC(=O)[C@@H]1[C@@H]2C=C(OS(=O)(=O)C(F)(F)F)[C@@H]([C@H]2F)N1C(=O)OC(C)(C)C. The van der Waals surface area contributed by atoms with Gasteiger partial charge in [-0.1, -0.05) is 0 Å². The monoisotopic (exact) mass is 419 g/mol. The minimum atomic E-state index is -6.08. The highest BCUT2D eigenvalue weighted by atomic mass is 32.2. The summed E-state index contributed by atoms with van der Waals surface area (Å²) in [6, 6.07) is -3.42. The maximum Gasteiger partial charge on any atom is 0.534 e. The van der Waals surface area contributed by atoms with Crippen molar-refractivity contribution in [3.63, 3.8) is 0 Å². The van der Waals surface area contributed by atoms with Crippen molar-refractivity contribution in [2.24, 2.45) is 5.92 Å². The Balaban J connectivity index is 2.42. The van der Waals surface area contributed by atoms with Gasteiger partial charge in [0.2, 0.25) is 0 Å². The van der Waals surface area contributed by atoms with Crippen LogP contribution in [0.15, 0.2) is 11.8 Å². The van der Waals surface area contributed by atoms with Crippen molar-refractivity contribution >= 4 is 22.2 Å². The Morgan fingerprint density at radius 1 is 1.19 bits per heavy atom. The van der Waals surface area contributed by atoms with Gasteiger partial charge in [-0.15, -0.1) is 0 Å². The molecule has 8 nitrogen and oxygen atoms in total. The van der Waals surface area contributed by atoms with Gasteiger partial charge >= 0.3 is 27.7 Å². The topological polar surface area (TPSA) is 99.2 Å². The van der Waals surface area contributed by atoms with E-state index < -0.39 is 63.2 Å². The molecule has 27 heavy (non-hydrogen) atoms. The number of nitrogens with zero attached hydrogens (tertiary/aromatic N) is 1. The van der Waals surface area contributed by atoms with Gasteiger partial charge in [0.1, 0.15) is 29.6 Å². The molecular formula is C14H17F4NO7S. The fourth-order valence-corrected chi connectivity index (χ4v) is 3.35. The molecule has 0 radical (unpaired) electrons. The summed E-state index contributed by atoms with van der Waals surface area (Å²) < 4.78 is 88.3. The van der Waals surface area contributed by atoms with Crippen molar-refractivity contribution in [1.82, 2.24) is 4.90 Å². The molecule has 1 fully saturated rings. The summed E-state index contributed by atoms with van der Waals surface area (Å²) in [6.07, 6.45) is -2.58. The number of likely N-dealkylation sites (tertiary alicyclic amines) is 1. The Morgan fingerprint density at radius 2 is 1.74 bits per heavy atom. The van der Waals surface area contributed by atoms with Gasteiger partial charge in [0.15, 0.2) is 0 Å². The fourth-order valence-electron chi connectivity index (χ4n) is 2.85. The number of alkyl halides is 4. The van der Waals surface area contributed by atoms with E-state index in [9.17, 15) is 35.6 Å². The van der Waals surface area contributed by atoms with Crippen molar-refractivity contribution in [1.29, 1.82) is 0 Å². The lowest BCUT2D eigenvalue weighted by atomic mass is 10.0. The third-order valence-electron chi connectivity index (χ3n) is 3.82. The average molecular weight is 419 g/mol. The second kappa shape index (κ2) is 6.53. The third-order valence-corrected chi connectivity index (χ3v) is 4.80. The van der Waals surface area contributed by atoms with Crippen LogP contribution in [-0.4, -0.2) is 61.9 Å². The Hall–Kier alpha value is -2.05. The van der Waals surface area contributed by atoms with E-state index in [0.29, 0.717) is 4.90 Å². The standard InChI is InChI=1S/C14H17F4NO7S/c1-13(2,3)25-12(21)19-9(11(20)24-4)6-5-7(10(19)8(6)15)26-27(22,23)14(16,17)18/h5-6,8-10H,1-4H3/t6-,8+,9+,10+/m1/s1. The summed E-state index contributed by atoms with van der Waals surface area (Å²) >= 11 is 0. The fraction of sp³-hybridized carbons (Fsp3) is 0.714. The Bertz CT molecular complexity index is 771. The number of amides is 1. The van der Waals surface area contributed by atoms with Crippen LogP contribution in [0.5, 0.6) is 0 Å². The van der Waals surface area contributed by atoms with E-state index in [0.717, 1.165) is 13.2 Å². The van der Waals surface area contributed by atoms with Crippen LogP contribution in [0.25, 0.3) is 0 Å². The number of fused-ring (bicyclic) bond motifs is 2. The predicted octanol–water partition coefficient (Wildman–Crippen LogP) is 1.87. The smallest absolute Gasteiger partial charge is 0.467 e. The number of carbonyl (C=O) groups excluding carboxylic acids is 2. The van der Waals surface area contributed by atoms with E-state index in [1.54, 1.807) is 0 Å². The molecule has 0 aromatic rings. The van der Waals surface area contributed by atoms with E-state index in [-0.39, 0.29) is 0 Å². The number of rotatable bonds is 3. The lowest BCUT2D eigenvalue weighted by Crippen LogP contribution is -2.51. The molecule has 0 aromatic carbocycles. The summed E-state index contributed by atoms with van der Waals surface area (Å²) in [6.45, 7) is 4.42. The molecule has 154 valence electrons. The quantitative estimate of drug-likeness (QED) is 0.298. The lowest BCUT2D eigenvalue weighted by molar-refractivity contribution is -0.147. The van der Waals surface area contributed by atoms with Crippen molar-refractivity contribution < 1.29 is 49.2 Å². The first-order valence-electron chi connectivity index (χ1n) is 7.56. The van der Waals surface area contributed by atoms with Crippen LogP contribution in [-0.2, 0) is 28.6 Å². The van der Waals surface area contributed by atoms with Gasteiger partial charge < -0.3 is 13.7 Å². The normalized spacial score (nSPS) is 28.0. The predicted molar refractivity (Wildman–Crippen MR) is 80.2 cm³/mol. The molecule has 0 saturated carbocycles. The molecule has 2 aliphatic rings. The van der Waals surface area contributed by atoms with Crippen molar-refractivity contribution in [3.05, 3.63) is 11.8 Å². The lowest BCUT2D eigenvalue weighted by Gasteiger charge is -2.34. The summed E-state index contributed by atoms with van der Waals surface area (Å²) in [7, 11) is -5.11. The molecule has 0 unspecified atom stereocenters. The zero-order valence-corrected chi connectivity index (χ0v) is 15.4. The zero-order valence-electron chi connectivity index (χ0n) is 14.6. The Kier molecular flexibility index (Phi) is 5.14. The molecule has 2 bridgehead atoms. The highest BCUT2D eigenvalue weighted by molar-refractivity contribution is 7.87. The van der Waals surface area contributed by atoms with Crippen molar-refractivity contribution in [3.8, 4) is 0 Å². The highest BCUT2D eigenvalue weighted by Gasteiger charge is 2.63. The van der Waals surface area contributed by atoms with Crippen LogP contribution in [0.1, 0.15) is 20.8 Å². The first kappa shape index (κ1) is 21.3. The average Bonchev–Trinajstić information content (AvgIpc) is 2.92. The minimum absolute atomic E-state index is 0.508. The van der Waals surface area contributed by atoms with Crippen LogP contribution in [0, 0.1) is 5.92 Å². The molecule has 1 aliphatic carbocycles. The molecule has 0 aromatic heterocycles. The minimum Gasteiger partial charge on any atom is -0.467 e. The van der Waals surface area contributed by atoms with Crippen molar-refractivity contribution in [2.45, 2.75) is 50.1 Å². The molecule has 13 heteroatoms. The van der Waals surface area contributed by atoms with Gasteiger partial charge in [-0.3, -0.25) is 4.90 Å². The molecule has 1 amide bonds. The van der Waals surface area contributed by atoms with Gasteiger partial charge in [-0.2, -0.15) is 21.6 Å². The summed E-state index contributed by atoms with van der Waals surface area (Å²) in [5.74, 6) is -3.44. The zero-order chi connectivity index (χ0) is 20.9. The summed E-state index contributed by atoms with van der Waals surface area (Å²) in [5.41, 5.74) is -6.83. The van der Waals surface area contributed by atoms with E-state index in [1.807, 2.05) is 0 Å². The number of halogens is 4.